The Morgan fingerprint density at radius 3 is 2.33 bits per heavy atom. The molecule has 0 aliphatic carbocycles. The zero-order valence-corrected chi connectivity index (χ0v) is 16.0. The van der Waals surface area contributed by atoms with E-state index >= 15 is 0 Å². The van der Waals surface area contributed by atoms with Gasteiger partial charge in [-0.2, -0.15) is 0 Å². The van der Waals surface area contributed by atoms with Gasteiger partial charge in [0, 0.05) is 17.1 Å². The summed E-state index contributed by atoms with van der Waals surface area (Å²) < 4.78 is 51.2. The predicted molar refractivity (Wildman–Crippen MR) is 100 cm³/mol. The number of ether oxygens (including phenoxy) is 1. The Morgan fingerprint density at radius 1 is 1.04 bits per heavy atom. The van der Waals surface area contributed by atoms with E-state index in [4.69, 9.17) is 9.15 Å². The van der Waals surface area contributed by atoms with E-state index in [0.29, 0.717) is 6.61 Å². The third kappa shape index (κ3) is 7.19. The minimum atomic E-state index is -6.00. The minimum absolute atomic E-state index is 0.655. The van der Waals surface area contributed by atoms with Crippen LogP contribution in [-0.2, 0) is 4.74 Å². The first-order valence-electron chi connectivity index (χ1n) is 8.00. The average molecular weight is 446 g/mol. The molecule has 2 aromatic carbocycles. The highest BCUT2D eigenvalue weighted by Gasteiger charge is 2.20. The number of fused-ring (bicyclic) bond motifs is 1. The van der Waals surface area contributed by atoms with Crippen LogP contribution in [0.1, 0.15) is 0 Å². The van der Waals surface area contributed by atoms with E-state index < -0.39 is 7.25 Å². The summed E-state index contributed by atoms with van der Waals surface area (Å²) in [5, 5.41) is 2.09. The van der Waals surface area contributed by atoms with Crippen molar-refractivity contribution in [3.8, 4) is 11.3 Å². The van der Waals surface area contributed by atoms with Gasteiger partial charge < -0.3 is 26.4 Å². The molecule has 0 atom stereocenters. The first kappa shape index (κ1) is 21.2. The van der Waals surface area contributed by atoms with Gasteiger partial charge in [0.2, 0.25) is 5.36 Å². The molecule has 3 aromatic rings. The topological polar surface area (TPSA) is 36.3 Å². The number of halogens is 5. The Hall–Kier alpha value is -2.13. The molecule has 0 saturated heterocycles. The van der Waals surface area contributed by atoms with Gasteiger partial charge in [-0.15, -0.1) is 0 Å². The van der Waals surface area contributed by atoms with Crippen LogP contribution < -0.4 is 10.3 Å². The van der Waals surface area contributed by atoms with Gasteiger partial charge in [-0.3, -0.25) is 0 Å². The van der Waals surface area contributed by atoms with Crippen molar-refractivity contribution < 1.29 is 31.4 Å². The quantitative estimate of drug-likeness (QED) is 0.377. The van der Waals surface area contributed by atoms with Gasteiger partial charge in [0.05, 0.1) is 11.5 Å². The summed E-state index contributed by atoms with van der Waals surface area (Å²) in [5.74, 6) is 0.843. The Bertz CT molecular complexity index is 939. The third-order valence-corrected chi connectivity index (χ3v) is 3.90. The molecule has 3 nitrogen and oxygen atoms in total. The molecule has 1 heterocycles. The van der Waals surface area contributed by atoms with Crippen LogP contribution in [-0.4, -0.2) is 27.5 Å². The van der Waals surface area contributed by atoms with E-state index in [9.17, 15) is 17.3 Å². The highest BCUT2D eigenvalue weighted by atomic mass is 79.9. The lowest BCUT2D eigenvalue weighted by atomic mass is 10.1. The Kier molecular flexibility index (Phi) is 7.61. The molecule has 0 amide bonds. The van der Waals surface area contributed by atoms with Crippen LogP contribution in [0.25, 0.3) is 22.3 Å². The monoisotopic (exact) mass is 445 g/mol. The van der Waals surface area contributed by atoms with Crippen molar-refractivity contribution in [2.75, 3.05) is 20.3 Å². The molecule has 0 saturated carbocycles. The standard InChI is InChI=1S/C18H16BrNO2.BF4/c1-21-10-9-20-16-12-18(13-5-3-2-4-6-13)22-17-8-7-14(19)11-15(16)17;2-1(3,4)5/h2-8,11-12H,9-10H2,1H3;/q;-1/p+1. The smallest absolute Gasteiger partial charge is 0.456 e. The molecule has 3 rings (SSSR count). The van der Waals surface area contributed by atoms with Gasteiger partial charge in [-0.05, 0) is 18.2 Å². The molecule has 9 heteroatoms. The van der Waals surface area contributed by atoms with Crippen molar-refractivity contribution in [1.29, 1.82) is 0 Å². The maximum Gasteiger partial charge on any atom is 0.673 e. The summed E-state index contributed by atoms with van der Waals surface area (Å²) in [6, 6.07) is 18.2. The van der Waals surface area contributed by atoms with Crippen molar-refractivity contribution in [2.24, 2.45) is 0 Å². The molecule has 0 aliphatic heterocycles. The van der Waals surface area contributed by atoms with Crippen LogP contribution in [0.4, 0.5) is 17.3 Å². The van der Waals surface area contributed by atoms with Crippen LogP contribution in [0.2, 0.25) is 0 Å². The van der Waals surface area contributed by atoms with Gasteiger partial charge in [0.25, 0.3) is 0 Å². The zero-order valence-electron chi connectivity index (χ0n) is 14.4. The van der Waals surface area contributed by atoms with Gasteiger partial charge >= 0.3 is 7.25 Å². The van der Waals surface area contributed by atoms with Crippen molar-refractivity contribution in [3.63, 3.8) is 0 Å². The molecule has 1 aromatic heterocycles. The summed E-state index contributed by atoms with van der Waals surface area (Å²) in [6.07, 6.45) is 0. The van der Waals surface area contributed by atoms with Crippen LogP contribution >= 0.6 is 15.9 Å². The number of nitrogens with one attached hydrogen (secondary N) is 1. The molecule has 0 aliphatic rings. The lowest BCUT2D eigenvalue weighted by molar-refractivity contribution is -0.502. The van der Waals surface area contributed by atoms with Crippen LogP contribution in [0, 0.1) is 0 Å². The Balaban J connectivity index is 0.000000465. The lowest BCUT2D eigenvalue weighted by Crippen LogP contribution is -2.77. The highest BCUT2D eigenvalue weighted by Crippen LogP contribution is 2.23. The molecule has 0 fully saturated rings. The first-order valence-corrected chi connectivity index (χ1v) is 8.79. The second-order valence-corrected chi connectivity index (χ2v) is 6.36. The molecule has 0 spiro atoms. The molecule has 144 valence electrons. The molecule has 1 N–H and O–H groups in total. The molecule has 0 unspecified atom stereocenters. The summed E-state index contributed by atoms with van der Waals surface area (Å²) in [4.78, 5) is 3.42. The van der Waals surface area contributed by atoms with E-state index in [1.165, 1.54) is 0 Å². The molecule has 0 bridgehead atoms. The fraction of sp³-hybridized carbons (Fsp3) is 0.167. The van der Waals surface area contributed by atoms with Gasteiger partial charge in [-0.1, -0.05) is 46.3 Å². The SMILES string of the molecule is COCC[NH+]=c1cc(-c2ccccc2)oc2ccc(Br)cc12.F[B-](F)(F)F. The maximum atomic E-state index is 9.75. The molecule has 27 heavy (non-hydrogen) atoms. The highest BCUT2D eigenvalue weighted by molar-refractivity contribution is 9.10. The number of rotatable bonds is 4. The molecular formula is C18H17BBrF4NO2. The fourth-order valence-electron chi connectivity index (χ4n) is 2.34. The van der Waals surface area contributed by atoms with Crippen LogP contribution in [0.3, 0.4) is 0 Å². The zero-order chi connectivity index (χ0) is 19.9. The number of methoxy groups -OCH3 is 1. The van der Waals surface area contributed by atoms with Crippen molar-refractivity contribution in [3.05, 3.63) is 64.4 Å². The molecular weight excluding hydrogens is 429 g/mol. The van der Waals surface area contributed by atoms with Gasteiger partial charge in [-0.25, -0.2) is 4.99 Å². The third-order valence-electron chi connectivity index (χ3n) is 3.41. The minimum Gasteiger partial charge on any atom is -0.456 e. The van der Waals surface area contributed by atoms with Crippen LogP contribution in [0.5, 0.6) is 0 Å². The van der Waals surface area contributed by atoms with Gasteiger partial charge in [0.15, 0.2) is 6.54 Å². The first-order chi connectivity index (χ1) is 12.8. The number of hydrogen-bond acceptors (Lipinski definition) is 2. The number of hydrogen-bond donors (Lipinski definition) is 1. The Labute approximate surface area is 161 Å². The van der Waals surface area contributed by atoms with Crippen molar-refractivity contribution >= 4 is 34.2 Å². The number of benzene rings is 2. The van der Waals surface area contributed by atoms with E-state index in [2.05, 4.69) is 27.0 Å². The Morgan fingerprint density at radius 2 is 1.70 bits per heavy atom. The summed E-state index contributed by atoms with van der Waals surface area (Å²) >= 11 is 3.52. The largest absolute Gasteiger partial charge is 0.673 e. The van der Waals surface area contributed by atoms with E-state index in [1.807, 2.05) is 48.5 Å². The predicted octanol–water partition coefficient (Wildman–Crippen LogP) is 3.79. The van der Waals surface area contributed by atoms with Crippen molar-refractivity contribution in [2.45, 2.75) is 0 Å². The van der Waals surface area contributed by atoms with E-state index in [0.717, 1.165) is 38.7 Å². The van der Waals surface area contributed by atoms with E-state index in [-0.39, 0.29) is 0 Å². The summed E-state index contributed by atoms with van der Waals surface area (Å²) in [6.45, 7) is 1.40. The second-order valence-electron chi connectivity index (χ2n) is 5.45. The fourth-order valence-corrected chi connectivity index (χ4v) is 2.70. The van der Waals surface area contributed by atoms with Gasteiger partial charge in [0.1, 0.15) is 18.0 Å². The lowest BCUT2D eigenvalue weighted by Gasteiger charge is -2.03. The van der Waals surface area contributed by atoms with Crippen molar-refractivity contribution in [1.82, 2.24) is 0 Å². The maximum absolute atomic E-state index is 9.75. The summed E-state index contributed by atoms with van der Waals surface area (Å²) in [7, 11) is -4.30. The second kappa shape index (κ2) is 9.71. The normalized spacial score (nSPS) is 12.0. The molecule has 0 radical (unpaired) electrons. The van der Waals surface area contributed by atoms with E-state index in [1.54, 1.807) is 7.11 Å². The van der Waals surface area contributed by atoms with Crippen LogP contribution in [0.15, 0.2) is 63.5 Å². The summed E-state index contributed by atoms with van der Waals surface area (Å²) in [5.41, 5.74) is 1.91. The average Bonchev–Trinajstić information content (AvgIpc) is 2.61.